The monoisotopic (exact) mass is 774 g/mol. The molecule has 0 spiro atoms. The maximum Gasteiger partial charge on any atom is 0.296 e. The van der Waals surface area contributed by atoms with Crippen LogP contribution in [0.25, 0.3) is 0 Å². The first kappa shape index (κ1) is 44.1. The van der Waals surface area contributed by atoms with Gasteiger partial charge in [-0.05, 0) is 103 Å². The summed E-state index contributed by atoms with van der Waals surface area (Å²) in [5.41, 5.74) is 0.506. The summed E-state index contributed by atoms with van der Waals surface area (Å²) in [6, 6.07) is 3.67. The second kappa shape index (κ2) is 21.0. The van der Waals surface area contributed by atoms with Crippen molar-refractivity contribution in [2.45, 2.75) is 70.4 Å². The molecule has 0 unspecified atom stereocenters. The van der Waals surface area contributed by atoms with Crippen LogP contribution in [0.5, 0.6) is 0 Å². The van der Waals surface area contributed by atoms with Gasteiger partial charge in [-0.2, -0.15) is 0 Å². The zero-order chi connectivity index (χ0) is 40.7. The van der Waals surface area contributed by atoms with Gasteiger partial charge in [0.05, 0.1) is 5.54 Å². The molecule has 1 atom stereocenters. The Morgan fingerprint density at radius 1 is 0.764 bits per heavy atom. The quantitative estimate of drug-likeness (QED) is 0.0715. The van der Waals surface area contributed by atoms with Gasteiger partial charge in [-0.3, -0.25) is 43.7 Å². The number of nitrogens with one attached hydrogen (secondary N) is 5. The van der Waals surface area contributed by atoms with Crippen LogP contribution in [0.1, 0.15) is 100 Å². The average Bonchev–Trinajstić information content (AvgIpc) is 3.14. The average molecular weight is 775 g/mol. The van der Waals surface area contributed by atoms with Crippen LogP contribution in [-0.2, 0) is 4.79 Å². The molecule has 55 heavy (non-hydrogen) atoms. The van der Waals surface area contributed by atoms with Gasteiger partial charge in [0, 0.05) is 39.3 Å². The van der Waals surface area contributed by atoms with Crippen molar-refractivity contribution in [3.05, 3.63) is 67.5 Å². The molecule has 2 aromatic rings. The van der Waals surface area contributed by atoms with Gasteiger partial charge in [-0.15, -0.1) is 9.46 Å². The number of carbonyl (C=O) groups is 5. The Labute approximate surface area is 317 Å². The van der Waals surface area contributed by atoms with E-state index < -0.39 is 69.2 Å². The second-order valence-electron chi connectivity index (χ2n) is 13.7. The van der Waals surface area contributed by atoms with Crippen molar-refractivity contribution < 1.29 is 39.6 Å². The number of carbonyl (C=O) groups excluding carboxylic acids is 5. The highest BCUT2D eigenvalue weighted by Gasteiger charge is 2.36. The third-order valence-corrected chi connectivity index (χ3v) is 9.27. The van der Waals surface area contributed by atoms with Crippen LogP contribution in [0.2, 0.25) is 0 Å². The van der Waals surface area contributed by atoms with Crippen molar-refractivity contribution >= 4 is 29.5 Å². The Bertz CT molecular complexity index is 1790. The van der Waals surface area contributed by atoms with Gasteiger partial charge in [0.15, 0.2) is 0 Å². The standard InChI is InChI=1S/C35H54N10O10/c1-35(2,34(52)42(3)53)43-20-7-6-16-37-17-8-18-38-28(46)25-12-14-27(45(55)33(25)51)31(49)41-23(10-4-5-15-36)22-40-30(48)26-13-11-24(32(50)44(26)54)29(47)39-19-9-21-43/h11-14,23,37,53-55H,4-10,15-22,36H2,1-3H3,(H,38,46)(H,39,47)(H,40,48)(H,41,49)/t23-/m0/s1. The zero-order valence-electron chi connectivity index (χ0n) is 31.6. The van der Waals surface area contributed by atoms with E-state index in [4.69, 9.17) is 5.73 Å². The van der Waals surface area contributed by atoms with Gasteiger partial charge in [-0.1, -0.05) is 6.42 Å². The number of nitrogens with two attached hydrogens (primary N) is 1. The van der Waals surface area contributed by atoms with Crippen LogP contribution in [0.15, 0.2) is 33.9 Å². The van der Waals surface area contributed by atoms with Crippen LogP contribution in [0.4, 0.5) is 0 Å². The summed E-state index contributed by atoms with van der Waals surface area (Å²) in [4.78, 5) is 92.4. The highest BCUT2D eigenvalue weighted by atomic mass is 16.5. The summed E-state index contributed by atoms with van der Waals surface area (Å²) in [5, 5.41) is 45.2. The van der Waals surface area contributed by atoms with Gasteiger partial charge < -0.3 is 42.7 Å². The Balaban J connectivity index is 1.85. The van der Waals surface area contributed by atoms with E-state index in [1.807, 2.05) is 4.90 Å². The minimum absolute atomic E-state index is 0.0452. The zero-order valence-corrected chi connectivity index (χ0v) is 31.6. The number of pyridine rings is 2. The number of amides is 5. The Hall–Kier alpha value is -5.31. The Morgan fingerprint density at radius 2 is 1.31 bits per heavy atom. The van der Waals surface area contributed by atoms with Crippen molar-refractivity contribution in [3.63, 3.8) is 0 Å². The number of rotatable bonds is 6. The molecule has 5 rings (SSSR count). The summed E-state index contributed by atoms with van der Waals surface area (Å²) in [6.07, 6.45) is 3.72. The fourth-order valence-corrected chi connectivity index (χ4v) is 6.03. The van der Waals surface area contributed by atoms with E-state index in [-0.39, 0.29) is 34.7 Å². The molecule has 3 aliphatic heterocycles. The number of unbranched alkanes of at least 4 members (excludes halogenated alkanes) is 1. The number of nitrogens with zero attached hydrogens (tertiary/aromatic N) is 4. The number of fused-ring (bicyclic) bond motifs is 2. The van der Waals surface area contributed by atoms with Crippen LogP contribution in [0, 0.1) is 0 Å². The third-order valence-electron chi connectivity index (χ3n) is 9.27. The van der Waals surface area contributed by atoms with Gasteiger partial charge in [0.2, 0.25) is 0 Å². The van der Waals surface area contributed by atoms with Crippen LogP contribution in [-0.4, -0.2) is 136 Å². The fourth-order valence-electron chi connectivity index (χ4n) is 6.03. The minimum Gasteiger partial charge on any atom is -0.425 e. The van der Waals surface area contributed by atoms with Gasteiger partial charge >= 0.3 is 0 Å². The maximum absolute atomic E-state index is 13.2. The molecule has 20 nitrogen and oxygen atoms in total. The first-order valence-corrected chi connectivity index (χ1v) is 18.3. The van der Waals surface area contributed by atoms with Crippen LogP contribution >= 0.6 is 0 Å². The van der Waals surface area contributed by atoms with Crippen molar-refractivity contribution in [1.82, 2.24) is 46.0 Å². The lowest BCUT2D eigenvalue weighted by atomic mass is 10.00. The fraction of sp³-hybridized carbons (Fsp3) is 0.571. The molecule has 0 aromatic carbocycles. The molecule has 0 fully saturated rings. The molecule has 0 saturated heterocycles. The molecule has 304 valence electrons. The predicted molar refractivity (Wildman–Crippen MR) is 198 cm³/mol. The summed E-state index contributed by atoms with van der Waals surface area (Å²) < 4.78 is 0.117. The molecule has 0 saturated carbocycles. The van der Waals surface area contributed by atoms with E-state index in [9.17, 15) is 49.2 Å². The molecule has 0 radical (unpaired) electrons. The summed E-state index contributed by atoms with van der Waals surface area (Å²) in [7, 11) is 1.24. The number of hydrogen-bond acceptors (Lipinski definition) is 13. The van der Waals surface area contributed by atoms with Gasteiger partial charge in [0.25, 0.3) is 40.7 Å². The Morgan fingerprint density at radius 3 is 1.89 bits per heavy atom. The van der Waals surface area contributed by atoms with E-state index in [1.54, 1.807) is 13.8 Å². The number of likely N-dealkylation sites (N-methyl/N-ethyl adjacent to an activating group) is 1. The summed E-state index contributed by atoms with van der Waals surface area (Å²) >= 11 is 0. The van der Waals surface area contributed by atoms with E-state index in [1.165, 1.54) is 7.05 Å². The van der Waals surface area contributed by atoms with Crippen LogP contribution in [0.3, 0.4) is 0 Å². The molecular weight excluding hydrogens is 720 g/mol. The van der Waals surface area contributed by atoms with Crippen molar-refractivity contribution in [2.24, 2.45) is 5.73 Å². The number of hydroxylamine groups is 2. The van der Waals surface area contributed by atoms with Crippen LogP contribution < -0.4 is 43.4 Å². The molecule has 5 heterocycles. The molecular formula is C35H54N10O10. The molecule has 3 aliphatic rings. The molecule has 10 N–H and O–H groups in total. The molecule has 20 heteroatoms. The molecule has 2 aromatic heterocycles. The van der Waals surface area contributed by atoms with E-state index in [2.05, 4.69) is 26.6 Å². The largest absolute Gasteiger partial charge is 0.425 e. The summed E-state index contributed by atoms with van der Waals surface area (Å²) in [5.74, 6) is -3.83. The van der Waals surface area contributed by atoms with E-state index in [0.29, 0.717) is 76.3 Å². The highest BCUT2D eigenvalue weighted by Crippen LogP contribution is 2.18. The summed E-state index contributed by atoms with van der Waals surface area (Å²) in [6.45, 7) is 5.85. The predicted octanol–water partition coefficient (Wildman–Crippen LogP) is -1.31. The maximum atomic E-state index is 13.2. The first-order chi connectivity index (χ1) is 26.1. The normalized spacial score (nSPS) is 18.2. The molecule has 5 amide bonds. The van der Waals surface area contributed by atoms with Crippen molar-refractivity contribution in [2.75, 3.05) is 59.4 Å². The SMILES string of the molecule is CN(O)C(=O)C(C)(C)N1CCCCNCCCNC(=O)c2ccc(n(O)c2=O)C(=O)N[C@@H](CCCCN)CNC(=O)c2ccc(c(=O)n2O)C(=O)NCCC1. The van der Waals surface area contributed by atoms with Crippen molar-refractivity contribution in [3.8, 4) is 0 Å². The lowest BCUT2D eigenvalue weighted by Gasteiger charge is -2.38. The highest BCUT2D eigenvalue weighted by molar-refractivity contribution is 5.97. The first-order valence-electron chi connectivity index (χ1n) is 18.3. The Kier molecular flexibility index (Phi) is 16.8. The van der Waals surface area contributed by atoms with Gasteiger partial charge in [-0.25, -0.2) is 5.06 Å². The second-order valence-corrected chi connectivity index (χ2v) is 13.7. The van der Waals surface area contributed by atoms with E-state index in [0.717, 1.165) is 30.7 Å². The molecule has 0 aliphatic carbocycles. The lowest BCUT2D eigenvalue weighted by molar-refractivity contribution is -0.171. The lowest BCUT2D eigenvalue weighted by Crippen LogP contribution is -2.55. The smallest absolute Gasteiger partial charge is 0.296 e. The number of aromatic nitrogens is 2. The minimum atomic E-state index is -1.15. The number of hydrogen-bond donors (Lipinski definition) is 9. The third kappa shape index (κ3) is 12.1. The van der Waals surface area contributed by atoms with Gasteiger partial charge in [0.1, 0.15) is 22.5 Å². The molecule has 4 bridgehead atoms. The topological polar surface area (TPSA) is 283 Å². The van der Waals surface area contributed by atoms with E-state index >= 15 is 0 Å². The van der Waals surface area contributed by atoms with Crippen molar-refractivity contribution in [1.29, 1.82) is 0 Å².